The lowest BCUT2D eigenvalue weighted by Gasteiger charge is -2.50. The van der Waals surface area contributed by atoms with Crippen LogP contribution in [-0.4, -0.2) is 18.0 Å². The Bertz CT molecular complexity index is 821. The molecule has 0 radical (unpaired) electrons. The number of hydrogen-bond acceptors (Lipinski definition) is 4. The van der Waals surface area contributed by atoms with Gasteiger partial charge in [0.25, 0.3) is 0 Å². The summed E-state index contributed by atoms with van der Waals surface area (Å²) in [6.45, 7) is 9.61. The number of ether oxygens (including phenoxy) is 2. The van der Waals surface area contributed by atoms with E-state index in [2.05, 4.69) is 19.1 Å². The van der Waals surface area contributed by atoms with E-state index in [1.807, 2.05) is 26.8 Å². The topological polar surface area (TPSA) is 52.6 Å². The van der Waals surface area contributed by atoms with Crippen molar-refractivity contribution >= 4 is 11.9 Å². The van der Waals surface area contributed by atoms with Gasteiger partial charge in [-0.05, 0) is 100 Å². The minimum atomic E-state index is -0.449. The Morgan fingerprint density at radius 2 is 1.86 bits per heavy atom. The van der Waals surface area contributed by atoms with E-state index in [1.54, 1.807) is 0 Å². The predicted molar refractivity (Wildman–Crippen MR) is 112 cm³/mol. The molecule has 4 rings (SSSR count). The molecule has 0 amide bonds. The van der Waals surface area contributed by atoms with Gasteiger partial charge >= 0.3 is 11.9 Å². The van der Waals surface area contributed by atoms with Crippen LogP contribution in [0.1, 0.15) is 83.8 Å². The van der Waals surface area contributed by atoms with Gasteiger partial charge in [0, 0.05) is 12.3 Å². The van der Waals surface area contributed by atoms with E-state index in [0.29, 0.717) is 23.5 Å². The fraction of sp³-hybridized carbons (Fsp3) is 0.680. The minimum absolute atomic E-state index is 0.0490. The molecule has 1 aromatic rings. The van der Waals surface area contributed by atoms with Crippen molar-refractivity contribution in [1.82, 2.24) is 0 Å². The molecule has 158 valence electrons. The molecule has 0 heterocycles. The van der Waals surface area contributed by atoms with Gasteiger partial charge < -0.3 is 9.47 Å². The van der Waals surface area contributed by atoms with Gasteiger partial charge in [-0.25, -0.2) is 0 Å². The van der Waals surface area contributed by atoms with Crippen LogP contribution in [-0.2, 0) is 20.7 Å². The minimum Gasteiger partial charge on any atom is -0.461 e. The monoisotopic (exact) mass is 398 g/mol. The molecule has 0 N–H and O–H groups in total. The summed E-state index contributed by atoms with van der Waals surface area (Å²) in [6, 6.07) is 6.18. The molecule has 5 atom stereocenters. The molecule has 29 heavy (non-hydrogen) atoms. The Balaban J connectivity index is 1.54. The maximum atomic E-state index is 12.5. The van der Waals surface area contributed by atoms with Gasteiger partial charge in [0.1, 0.15) is 11.9 Å². The van der Waals surface area contributed by atoms with Crippen molar-refractivity contribution in [2.24, 2.45) is 22.7 Å². The zero-order valence-corrected chi connectivity index (χ0v) is 18.4. The standard InChI is InChI=1S/C25H34O4/c1-15(26)28-17-7-9-18-16(14-17)6-8-20-19(18)12-13-25(5)21(20)10-11-22(25)29-23(27)24(2,3)4/h7,9,14,19-22H,6,8,10-13H2,1-5H3/t19-,20-,21+,22+,25+/m1/s1. The van der Waals surface area contributed by atoms with Crippen molar-refractivity contribution < 1.29 is 19.1 Å². The molecule has 0 bridgehead atoms. The van der Waals surface area contributed by atoms with Crippen LogP contribution in [0.25, 0.3) is 0 Å². The van der Waals surface area contributed by atoms with Crippen molar-refractivity contribution in [2.75, 3.05) is 0 Å². The highest BCUT2D eigenvalue weighted by molar-refractivity contribution is 5.75. The number of hydrogen-bond donors (Lipinski definition) is 0. The molecule has 3 aliphatic carbocycles. The van der Waals surface area contributed by atoms with Crippen molar-refractivity contribution in [3.8, 4) is 5.75 Å². The van der Waals surface area contributed by atoms with Crippen molar-refractivity contribution in [2.45, 2.75) is 85.2 Å². The fourth-order valence-corrected chi connectivity index (χ4v) is 6.24. The molecule has 0 unspecified atom stereocenters. The molecule has 4 heteroatoms. The molecule has 2 fully saturated rings. The van der Waals surface area contributed by atoms with Crippen LogP contribution >= 0.6 is 0 Å². The van der Waals surface area contributed by atoms with E-state index in [4.69, 9.17) is 9.47 Å². The predicted octanol–water partition coefficient (Wildman–Crippen LogP) is 5.43. The number of carbonyl (C=O) groups excluding carboxylic acids is 2. The van der Waals surface area contributed by atoms with E-state index >= 15 is 0 Å². The van der Waals surface area contributed by atoms with Gasteiger partial charge in [-0.3, -0.25) is 9.59 Å². The molecule has 0 spiro atoms. The number of esters is 2. The van der Waals surface area contributed by atoms with Crippen LogP contribution in [0.15, 0.2) is 18.2 Å². The van der Waals surface area contributed by atoms with Crippen LogP contribution < -0.4 is 4.74 Å². The zero-order chi connectivity index (χ0) is 21.0. The van der Waals surface area contributed by atoms with E-state index < -0.39 is 5.41 Å². The third-order valence-electron chi connectivity index (χ3n) is 7.73. The summed E-state index contributed by atoms with van der Waals surface area (Å²) in [5, 5.41) is 0. The number of fused-ring (bicyclic) bond motifs is 5. The highest BCUT2D eigenvalue weighted by atomic mass is 16.5. The first-order valence-electron chi connectivity index (χ1n) is 11.1. The summed E-state index contributed by atoms with van der Waals surface area (Å²) in [5.41, 5.74) is 2.42. The summed E-state index contributed by atoms with van der Waals surface area (Å²) in [6.07, 6.45) is 6.64. The van der Waals surface area contributed by atoms with Crippen molar-refractivity contribution in [3.05, 3.63) is 29.3 Å². The Labute approximate surface area is 174 Å². The molecule has 3 aliphatic rings. The smallest absolute Gasteiger partial charge is 0.311 e. The molecule has 0 aromatic heterocycles. The Morgan fingerprint density at radius 1 is 1.10 bits per heavy atom. The van der Waals surface area contributed by atoms with Gasteiger partial charge in [-0.1, -0.05) is 13.0 Å². The molecule has 4 nitrogen and oxygen atoms in total. The van der Waals surface area contributed by atoms with Crippen molar-refractivity contribution in [1.29, 1.82) is 0 Å². The molecular weight excluding hydrogens is 364 g/mol. The normalized spacial score (nSPS) is 33.3. The lowest BCUT2D eigenvalue weighted by Crippen LogP contribution is -2.46. The first-order valence-corrected chi connectivity index (χ1v) is 11.1. The number of rotatable bonds is 2. The fourth-order valence-electron chi connectivity index (χ4n) is 6.24. The van der Waals surface area contributed by atoms with E-state index in [0.717, 1.165) is 32.1 Å². The maximum Gasteiger partial charge on any atom is 0.311 e. The van der Waals surface area contributed by atoms with Crippen LogP contribution in [0.2, 0.25) is 0 Å². The summed E-state index contributed by atoms with van der Waals surface area (Å²) in [5.74, 6) is 2.15. The van der Waals surface area contributed by atoms with Crippen LogP contribution in [0, 0.1) is 22.7 Å². The van der Waals surface area contributed by atoms with Crippen molar-refractivity contribution in [3.63, 3.8) is 0 Å². The molecule has 0 saturated heterocycles. The number of aryl methyl sites for hydroxylation is 1. The Kier molecular flexibility index (Phi) is 5.03. The van der Waals surface area contributed by atoms with Gasteiger partial charge in [0.05, 0.1) is 5.41 Å². The second kappa shape index (κ2) is 7.14. The molecule has 0 aliphatic heterocycles. The number of benzene rings is 1. The number of carbonyl (C=O) groups is 2. The van der Waals surface area contributed by atoms with E-state index in [9.17, 15) is 9.59 Å². The van der Waals surface area contributed by atoms with Crippen LogP contribution in [0.3, 0.4) is 0 Å². The Morgan fingerprint density at radius 3 is 2.55 bits per heavy atom. The lowest BCUT2D eigenvalue weighted by molar-refractivity contribution is -0.167. The van der Waals surface area contributed by atoms with Gasteiger partial charge in [0.2, 0.25) is 0 Å². The second-order valence-electron chi connectivity index (χ2n) is 10.6. The maximum absolute atomic E-state index is 12.5. The average Bonchev–Trinajstić information content (AvgIpc) is 2.96. The van der Waals surface area contributed by atoms with Gasteiger partial charge in [0.15, 0.2) is 0 Å². The summed E-state index contributed by atoms with van der Waals surface area (Å²) < 4.78 is 11.4. The Hall–Kier alpha value is -1.84. The third-order valence-corrected chi connectivity index (χ3v) is 7.73. The zero-order valence-electron chi connectivity index (χ0n) is 18.4. The quantitative estimate of drug-likeness (QED) is 0.493. The molecule has 1 aromatic carbocycles. The largest absolute Gasteiger partial charge is 0.461 e. The summed E-state index contributed by atoms with van der Waals surface area (Å²) in [4.78, 5) is 23.8. The third kappa shape index (κ3) is 3.60. The van der Waals surface area contributed by atoms with Crippen LogP contribution in [0.4, 0.5) is 0 Å². The molecular formula is C25H34O4. The first kappa shape index (κ1) is 20.4. The SMILES string of the molecule is CC(=O)Oc1ccc2c(c1)CC[C@@H]1[C@@H]2CC[C@]2(C)[C@@H](OC(=O)C(C)(C)C)CC[C@@H]12. The van der Waals surface area contributed by atoms with Gasteiger partial charge in [-0.2, -0.15) is 0 Å². The second-order valence-corrected chi connectivity index (χ2v) is 10.6. The summed E-state index contributed by atoms with van der Waals surface area (Å²) in [7, 11) is 0. The molecule has 2 saturated carbocycles. The highest BCUT2D eigenvalue weighted by Crippen LogP contribution is 2.61. The first-order chi connectivity index (χ1) is 13.6. The lowest BCUT2D eigenvalue weighted by atomic mass is 9.55. The van der Waals surface area contributed by atoms with E-state index in [1.165, 1.54) is 24.5 Å². The van der Waals surface area contributed by atoms with Crippen LogP contribution in [0.5, 0.6) is 5.75 Å². The average molecular weight is 399 g/mol. The highest BCUT2D eigenvalue weighted by Gasteiger charge is 2.56. The summed E-state index contributed by atoms with van der Waals surface area (Å²) >= 11 is 0. The van der Waals surface area contributed by atoms with Gasteiger partial charge in [-0.15, -0.1) is 0 Å². The van der Waals surface area contributed by atoms with E-state index in [-0.39, 0.29) is 23.5 Å².